The molecule has 0 saturated carbocycles. The summed E-state index contributed by atoms with van der Waals surface area (Å²) >= 11 is 0. The zero-order chi connectivity index (χ0) is 6.29. The van der Waals surface area contributed by atoms with Crippen molar-refractivity contribution in [3.05, 3.63) is 46.1 Å². The first-order chi connectivity index (χ1) is 4.93. The predicted octanol–water partition coefficient (Wildman–Crippen LogP) is 2.12. The van der Waals surface area contributed by atoms with Crippen LogP contribution in [-0.4, -0.2) is 0 Å². The summed E-state index contributed by atoms with van der Waals surface area (Å²) in [6.07, 6.45) is 8.49. The maximum Gasteiger partial charge on any atom is 0.00685 e. The van der Waals surface area contributed by atoms with Gasteiger partial charge < -0.3 is 0 Å². The van der Waals surface area contributed by atoms with Gasteiger partial charge in [-0.2, -0.15) is 0 Å². The summed E-state index contributed by atoms with van der Waals surface area (Å²) in [5.41, 5.74) is 7.90. The molecular weight excluding hydrogens is 120 g/mol. The average Bonchev–Trinajstić information content (AvgIpc) is 2.28. The molecule has 0 aromatic rings. The van der Waals surface area contributed by atoms with Crippen molar-refractivity contribution in [1.82, 2.24) is 0 Å². The molecule has 5 rings (SSSR count). The van der Waals surface area contributed by atoms with Crippen LogP contribution in [0.3, 0.4) is 0 Å². The van der Waals surface area contributed by atoms with E-state index < -0.39 is 0 Å². The Bertz CT molecular complexity index is 386. The van der Waals surface area contributed by atoms with E-state index in [1.54, 1.807) is 27.9 Å². The maximum atomic E-state index is 2.44. The summed E-state index contributed by atoms with van der Waals surface area (Å²) < 4.78 is 0. The molecule has 0 aliphatic heterocycles. The van der Waals surface area contributed by atoms with Crippen LogP contribution in [0.2, 0.25) is 0 Å². The first-order valence-corrected chi connectivity index (χ1v) is 3.83. The van der Waals surface area contributed by atoms with Crippen molar-refractivity contribution in [3.63, 3.8) is 0 Å². The lowest BCUT2D eigenvalue weighted by molar-refractivity contribution is 0.800. The Morgan fingerprint density at radius 2 is 2.20 bits per heavy atom. The molecule has 5 aliphatic carbocycles. The van der Waals surface area contributed by atoms with Crippen LogP contribution in [0.25, 0.3) is 0 Å². The van der Waals surface area contributed by atoms with Gasteiger partial charge in [0.2, 0.25) is 0 Å². The molecule has 0 heteroatoms. The molecule has 0 aromatic carbocycles. The van der Waals surface area contributed by atoms with E-state index in [2.05, 4.69) is 18.2 Å². The molecule has 0 aromatic heterocycles. The lowest BCUT2D eigenvalue weighted by Crippen LogP contribution is -2.05. The highest BCUT2D eigenvalue weighted by Crippen LogP contribution is 2.59. The second kappa shape index (κ2) is 0.878. The van der Waals surface area contributed by atoms with Crippen molar-refractivity contribution in [2.75, 3.05) is 0 Å². The van der Waals surface area contributed by atoms with Gasteiger partial charge in [0.1, 0.15) is 0 Å². The fraction of sp³-hybridized carbons (Fsp3) is 0.200. The molecule has 1 atom stereocenters. The minimum absolute atomic E-state index is 0.778. The van der Waals surface area contributed by atoms with E-state index in [-0.39, 0.29) is 0 Å². The first kappa shape index (κ1) is 3.97. The minimum Gasteiger partial charge on any atom is -0.0685 e. The molecule has 5 aliphatic rings. The van der Waals surface area contributed by atoms with Gasteiger partial charge in [-0.25, -0.2) is 0 Å². The quantitative estimate of drug-likeness (QED) is 0.466. The SMILES string of the molecule is C1=C2C3=CC4CC3=C2C=C14. The van der Waals surface area contributed by atoms with E-state index in [0.717, 1.165) is 5.92 Å². The normalized spacial score (nSPS) is 36.0. The number of allylic oxidation sites excluding steroid dienone is 8. The highest BCUT2D eigenvalue weighted by Gasteiger charge is 2.43. The van der Waals surface area contributed by atoms with Crippen LogP contribution in [-0.2, 0) is 0 Å². The van der Waals surface area contributed by atoms with Crippen molar-refractivity contribution in [2.24, 2.45) is 5.92 Å². The minimum atomic E-state index is 0.778. The van der Waals surface area contributed by atoms with E-state index in [4.69, 9.17) is 0 Å². The van der Waals surface area contributed by atoms with E-state index in [1.807, 2.05) is 0 Å². The van der Waals surface area contributed by atoms with E-state index in [1.165, 1.54) is 6.42 Å². The third-order valence-corrected chi connectivity index (χ3v) is 3.07. The lowest BCUT2D eigenvalue weighted by atomic mass is 9.81. The second-order valence-electron chi connectivity index (χ2n) is 3.49. The molecule has 0 saturated heterocycles. The van der Waals surface area contributed by atoms with Gasteiger partial charge in [-0.15, -0.1) is 0 Å². The number of rotatable bonds is 0. The molecule has 10 heavy (non-hydrogen) atoms. The molecule has 0 N–H and O–H groups in total. The Hall–Kier alpha value is -1.04. The van der Waals surface area contributed by atoms with Gasteiger partial charge in [0, 0.05) is 5.92 Å². The van der Waals surface area contributed by atoms with Gasteiger partial charge in [-0.05, 0) is 40.4 Å². The second-order valence-corrected chi connectivity index (χ2v) is 3.49. The van der Waals surface area contributed by atoms with Crippen molar-refractivity contribution >= 4 is 0 Å². The van der Waals surface area contributed by atoms with Crippen LogP contribution in [0.5, 0.6) is 0 Å². The van der Waals surface area contributed by atoms with Crippen LogP contribution in [0.1, 0.15) is 6.42 Å². The Morgan fingerprint density at radius 1 is 1.20 bits per heavy atom. The fourth-order valence-electron chi connectivity index (χ4n) is 2.57. The van der Waals surface area contributed by atoms with E-state index >= 15 is 0 Å². The predicted molar refractivity (Wildman–Crippen MR) is 39.4 cm³/mol. The van der Waals surface area contributed by atoms with Crippen molar-refractivity contribution < 1.29 is 0 Å². The molecule has 0 radical (unpaired) electrons. The summed E-state index contributed by atoms with van der Waals surface area (Å²) in [6.45, 7) is 0. The number of hydrogen-bond donors (Lipinski definition) is 0. The standard InChI is InChI=1S/C10H6/c1-5-2-8-7(1)9-3-6(5)4-10(8)9/h1-3,6H,4H2. The molecule has 0 heterocycles. The van der Waals surface area contributed by atoms with E-state index in [9.17, 15) is 0 Å². The Kier molecular flexibility index (Phi) is 0.348. The average molecular weight is 126 g/mol. The zero-order valence-electron chi connectivity index (χ0n) is 5.52. The largest absolute Gasteiger partial charge is 0.0685 e. The molecule has 0 spiro atoms. The summed E-state index contributed by atoms with van der Waals surface area (Å²) in [5, 5.41) is 0. The van der Waals surface area contributed by atoms with Crippen LogP contribution in [0.4, 0.5) is 0 Å². The molecule has 6 bridgehead atoms. The van der Waals surface area contributed by atoms with Crippen molar-refractivity contribution in [2.45, 2.75) is 6.42 Å². The van der Waals surface area contributed by atoms with Crippen LogP contribution >= 0.6 is 0 Å². The highest BCUT2D eigenvalue weighted by atomic mass is 14.5. The van der Waals surface area contributed by atoms with Crippen molar-refractivity contribution in [3.8, 4) is 0 Å². The Morgan fingerprint density at radius 3 is 3.20 bits per heavy atom. The van der Waals surface area contributed by atoms with Crippen molar-refractivity contribution in [1.29, 1.82) is 0 Å². The van der Waals surface area contributed by atoms with Gasteiger partial charge in [0.25, 0.3) is 0 Å². The zero-order valence-corrected chi connectivity index (χ0v) is 5.52. The summed E-state index contributed by atoms with van der Waals surface area (Å²) in [6, 6.07) is 0. The summed E-state index contributed by atoms with van der Waals surface area (Å²) in [7, 11) is 0. The Balaban J connectivity index is 2.35. The molecule has 0 nitrogen and oxygen atoms in total. The Labute approximate surface area is 59.2 Å². The van der Waals surface area contributed by atoms with Crippen LogP contribution in [0, 0.1) is 5.92 Å². The molecular formula is C10H6. The molecule has 0 fully saturated rings. The van der Waals surface area contributed by atoms with Crippen LogP contribution in [0.15, 0.2) is 46.1 Å². The van der Waals surface area contributed by atoms with Gasteiger partial charge in [0.05, 0.1) is 0 Å². The third-order valence-electron chi connectivity index (χ3n) is 3.07. The monoisotopic (exact) mass is 126 g/mol. The van der Waals surface area contributed by atoms with Gasteiger partial charge in [-0.1, -0.05) is 12.2 Å². The molecule has 46 valence electrons. The summed E-state index contributed by atoms with van der Waals surface area (Å²) in [4.78, 5) is 0. The topological polar surface area (TPSA) is 0 Å². The molecule has 0 amide bonds. The lowest BCUT2D eigenvalue weighted by Gasteiger charge is -2.22. The van der Waals surface area contributed by atoms with E-state index in [0.29, 0.717) is 0 Å². The van der Waals surface area contributed by atoms with Gasteiger partial charge in [0.15, 0.2) is 0 Å². The van der Waals surface area contributed by atoms with Crippen LogP contribution < -0.4 is 0 Å². The third kappa shape index (κ3) is 0.202. The van der Waals surface area contributed by atoms with Gasteiger partial charge >= 0.3 is 0 Å². The molecule has 1 unspecified atom stereocenters. The maximum absolute atomic E-state index is 2.44. The smallest absolute Gasteiger partial charge is 0.00685 e. The first-order valence-electron chi connectivity index (χ1n) is 3.83. The highest BCUT2D eigenvalue weighted by molar-refractivity contribution is 5.84. The fourth-order valence-corrected chi connectivity index (χ4v) is 2.57. The summed E-state index contributed by atoms with van der Waals surface area (Å²) in [5.74, 6) is 0.778. The van der Waals surface area contributed by atoms with Gasteiger partial charge in [-0.3, -0.25) is 0 Å². The number of hydrogen-bond acceptors (Lipinski definition) is 0.